The van der Waals surface area contributed by atoms with Crippen LogP contribution in [0.3, 0.4) is 0 Å². The molecule has 0 saturated carbocycles. The van der Waals surface area contributed by atoms with E-state index < -0.39 is 23.4 Å². The third-order valence-electron chi connectivity index (χ3n) is 6.45. The Morgan fingerprint density at radius 2 is 2.11 bits per heavy atom. The number of rotatable bonds is 9. The minimum atomic E-state index is -0.914. The van der Waals surface area contributed by atoms with Crippen LogP contribution < -0.4 is 21.3 Å². The molecule has 0 aliphatic carbocycles. The number of ether oxygens (including phenoxy) is 2. The average Bonchev–Trinajstić information content (AvgIpc) is 3.65. The number of nitrogens with zero attached hydrogens (tertiary/aromatic N) is 3. The maximum atomic E-state index is 13.9. The number of methoxy groups -OCH3 is 1. The van der Waals surface area contributed by atoms with E-state index in [4.69, 9.17) is 13.9 Å². The van der Waals surface area contributed by atoms with Crippen molar-refractivity contribution in [3.8, 4) is 16.5 Å². The smallest absolute Gasteiger partial charge is 0.332 e. The van der Waals surface area contributed by atoms with Crippen LogP contribution in [-0.4, -0.2) is 52.0 Å². The molecule has 12 heteroatoms. The minimum Gasteiger partial charge on any atom is -0.496 e. The van der Waals surface area contributed by atoms with Crippen molar-refractivity contribution < 1.29 is 23.8 Å². The predicted octanol–water partition coefficient (Wildman–Crippen LogP) is 2.01. The van der Waals surface area contributed by atoms with Crippen LogP contribution >= 0.6 is 11.3 Å². The van der Waals surface area contributed by atoms with Crippen molar-refractivity contribution in [2.75, 3.05) is 26.9 Å². The lowest BCUT2D eigenvalue weighted by Crippen LogP contribution is -2.44. The van der Waals surface area contributed by atoms with E-state index in [9.17, 15) is 19.5 Å². The van der Waals surface area contributed by atoms with Gasteiger partial charge >= 0.3 is 5.69 Å². The fourth-order valence-electron chi connectivity index (χ4n) is 4.70. The van der Waals surface area contributed by atoms with Gasteiger partial charge in [0.15, 0.2) is 0 Å². The summed E-state index contributed by atoms with van der Waals surface area (Å²) in [5.41, 5.74) is 0.136. The van der Waals surface area contributed by atoms with Crippen molar-refractivity contribution in [2.24, 2.45) is 0 Å². The summed E-state index contributed by atoms with van der Waals surface area (Å²) >= 11 is 1.22. The Balaban J connectivity index is 1.76. The first-order valence-corrected chi connectivity index (χ1v) is 12.6. The molecule has 1 aliphatic rings. The summed E-state index contributed by atoms with van der Waals surface area (Å²) in [6.45, 7) is 1.96. The summed E-state index contributed by atoms with van der Waals surface area (Å²) in [4.78, 5) is 45.4. The summed E-state index contributed by atoms with van der Waals surface area (Å²) in [6.07, 6.45) is 2.58. The van der Waals surface area contributed by atoms with Crippen molar-refractivity contribution in [3.05, 3.63) is 68.7 Å². The summed E-state index contributed by atoms with van der Waals surface area (Å²) < 4.78 is 19.5. The number of aromatic nitrogens is 3. The van der Waals surface area contributed by atoms with Gasteiger partial charge in [0.25, 0.3) is 5.56 Å². The number of carbonyl (C=O) groups is 1. The molecule has 4 aromatic rings. The number of thiophene rings is 1. The van der Waals surface area contributed by atoms with Gasteiger partial charge in [-0.1, -0.05) is 18.2 Å². The molecule has 1 saturated heterocycles. The summed E-state index contributed by atoms with van der Waals surface area (Å²) in [6, 6.07) is 6.33. The number of fused-ring (bicyclic) bond motifs is 1. The quantitative estimate of drug-likeness (QED) is 0.338. The molecule has 194 valence electrons. The van der Waals surface area contributed by atoms with Crippen LogP contribution in [0, 0.1) is 6.92 Å². The van der Waals surface area contributed by atoms with E-state index >= 15 is 0 Å². The number of aryl methyl sites for hydroxylation is 1. The highest BCUT2D eigenvalue weighted by Gasteiger charge is 2.32. The molecule has 11 nitrogen and oxygen atoms in total. The number of oxazole rings is 1. The Bertz CT molecular complexity index is 1550. The van der Waals surface area contributed by atoms with Crippen LogP contribution in [0.1, 0.15) is 29.7 Å². The van der Waals surface area contributed by atoms with Crippen LogP contribution in [-0.2, 0) is 16.1 Å². The van der Waals surface area contributed by atoms with E-state index in [0.717, 1.165) is 4.57 Å². The second-order valence-electron chi connectivity index (χ2n) is 8.56. The van der Waals surface area contributed by atoms with Gasteiger partial charge in [-0.2, -0.15) is 0 Å². The molecular weight excluding hydrogens is 500 g/mol. The van der Waals surface area contributed by atoms with E-state index in [1.54, 1.807) is 13.0 Å². The Hall–Kier alpha value is -3.74. The van der Waals surface area contributed by atoms with Crippen LogP contribution in [0.4, 0.5) is 0 Å². The van der Waals surface area contributed by atoms with Crippen molar-refractivity contribution in [2.45, 2.75) is 32.0 Å². The first-order valence-electron chi connectivity index (χ1n) is 11.8. The number of carbonyl (C=O) groups excluding carboxylic acids is 1. The zero-order valence-corrected chi connectivity index (χ0v) is 21.1. The fraction of sp³-hybridized carbons (Fsp3) is 0.360. The van der Waals surface area contributed by atoms with Crippen LogP contribution in [0.25, 0.3) is 21.0 Å². The van der Waals surface area contributed by atoms with E-state index in [-0.39, 0.29) is 25.7 Å². The van der Waals surface area contributed by atoms with E-state index in [0.29, 0.717) is 50.8 Å². The number of aliphatic hydroxyl groups is 1. The molecule has 1 aliphatic heterocycles. The molecule has 37 heavy (non-hydrogen) atoms. The van der Waals surface area contributed by atoms with Gasteiger partial charge in [0, 0.05) is 12.1 Å². The third kappa shape index (κ3) is 4.37. The summed E-state index contributed by atoms with van der Waals surface area (Å²) in [7, 11) is 1.54. The molecule has 0 bridgehead atoms. The van der Waals surface area contributed by atoms with E-state index in [1.165, 1.54) is 35.5 Å². The molecule has 3 aromatic heterocycles. The second kappa shape index (κ2) is 10.3. The minimum absolute atomic E-state index is 0.00923. The Kier molecular flexibility index (Phi) is 6.96. The summed E-state index contributed by atoms with van der Waals surface area (Å²) in [5, 5.41) is 12.5. The average molecular weight is 527 g/mol. The lowest BCUT2D eigenvalue weighted by Gasteiger charge is -2.23. The number of amides is 1. The largest absolute Gasteiger partial charge is 0.496 e. The number of hydrogen-bond donors (Lipinski definition) is 2. The highest BCUT2D eigenvalue weighted by atomic mass is 32.1. The number of aliphatic hydroxyl groups excluding tert-OH is 1. The highest BCUT2D eigenvalue weighted by molar-refractivity contribution is 7.22. The van der Waals surface area contributed by atoms with Crippen molar-refractivity contribution in [1.29, 1.82) is 0 Å². The standard InChI is InChI=1S/C25H26N4O7S/c1-14-19-23(32)29(16-7-8-26-21(16)31)25(33)28(24(19)37-20(14)22-27-9-11-36-22)13-18(35-12-10-30)15-5-3-4-6-17(15)34-2/h3-6,9,11,16,18,30H,7-8,10,12-13H2,1-2H3,(H,26,31). The molecule has 1 fully saturated rings. The van der Waals surface area contributed by atoms with Gasteiger partial charge in [0.2, 0.25) is 11.8 Å². The monoisotopic (exact) mass is 526 g/mol. The molecule has 4 heterocycles. The molecule has 2 N–H and O–H groups in total. The second-order valence-corrected chi connectivity index (χ2v) is 9.56. The SMILES string of the molecule is COc1ccccc1C(Cn1c(=O)n(C2CCNC2=O)c(=O)c2c(C)c(-c3ncco3)sc21)OCCO. The topological polar surface area (TPSA) is 138 Å². The third-order valence-corrected chi connectivity index (χ3v) is 7.75. The van der Waals surface area contributed by atoms with Crippen molar-refractivity contribution in [3.63, 3.8) is 0 Å². The molecule has 5 rings (SSSR count). The Morgan fingerprint density at radius 1 is 1.30 bits per heavy atom. The molecular formula is C25H26N4O7S. The normalized spacial score (nSPS) is 16.3. The first-order chi connectivity index (χ1) is 18.0. The number of benzene rings is 1. The van der Waals surface area contributed by atoms with Gasteiger partial charge in [0.05, 0.1) is 43.3 Å². The summed E-state index contributed by atoms with van der Waals surface area (Å²) in [5.74, 6) is 0.518. The van der Waals surface area contributed by atoms with Gasteiger partial charge in [-0.3, -0.25) is 14.2 Å². The Morgan fingerprint density at radius 3 is 2.78 bits per heavy atom. The van der Waals surface area contributed by atoms with Crippen molar-refractivity contribution in [1.82, 2.24) is 19.4 Å². The molecule has 2 unspecified atom stereocenters. The number of para-hydroxylation sites is 1. The van der Waals surface area contributed by atoms with Gasteiger partial charge in [-0.15, -0.1) is 11.3 Å². The zero-order valence-electron chi connectivity index (χ0n) is 20.3. The molecule has 2 atom stereocenters. The van der Waals surface area contributed by atoms with Gasteiger partial charge in [-0.25, -0.2) is 14.3 Å². The maximum absolute atomic E-state index is 13.9. The molecule has 1 aromatic carbocycles. The van der Waals surface area contributed by atoms with E-state index in [2.05, 4.69) is 10.3 Å². The van der Waals surface area contributed by atoms with Gasteiger partial charge in [0.1, 0.15) is 29.0 Å². The molecule has 1 amide bonds. The molecule has 0 spiro atoms. The number of hydrogen-bond acceptors (Lipinski definition) is 9. The highest BCUT2D eigenvalue weighted by Crippen LogP contribution is 2.37. The van der Waals surface area contributed by atoms with Crippen LogP contribution in [0.2, 0.25) is 0 Å². The lowest BCUT2D eigenvalue weighted by molar-refractivity contribution is -0.122. The Labute approximate surface area is 214 Å². The van der Waals surface area contributed by atoms with Crippen molar-refractivity contribution >= 4 is 27.5 Å². The maximum Gasteiger partial charge on any atom is 0.332 e. The zero-order chi connectivity index (χ0) is 26.1. The number of nitrogens with one attached hydrogen (secondary N) is 1. The first kappa shape index (κ1) is 24.9. The van der Waals surface area contributed by atoms with Crippen LogP contribution in [0.5, 0.6) is 5.75 Å². The molecule has 0 radical (unpaired) electrons. The predicted molar refractivity (Wildman–Crippen MR) is 136 cm³/mol. The van der Waals surface area contributed by atoms with Crippen LogP contribution in [0.15, 0.2) is 50.7 Å². The fourth-order valence-corrected chi connectivity index (χ4v) is 5.94. The van der Waals surface area contributed by atoms with Gasteiger partial charge in [-0.05, 0) is 25.0 Å². The lowest BCUT2D eigenvalue weighted by atomic mass is 10.1. The van der Waals surface area contributed by atoms with Gasteiger partial charge < -0.3 is 24.3 Å². The van der Waals surface area contributed by atoms with E-state index in [1.807, 2.05) is 18.2 Å².